The van der Waals surface area contributed by atoms with Crippen LogP contribution in [0.4, 0.5) is 0 Å². The molecule has 1 heterocycles. The van der Waals surface area contributed by atoms with Gasteiger partial charge >= 0.3 is 0 Å². The smallest absolute Gasteiger partial charge is 0.0594 e. The first-order chi connectivity index (χ1) is 7.61. The number of morpholine rings is 1. The van der Waals surface area contributed by atoms with Crippen LogP contribution in [0.5, 0.6) is 0 Å². The largest absolute Gasteiger partial charge is 0.379 e. The van der Waals surface area contributed by atoms with Crippen molar-refractivity contribution in [3.8, 4) is 0 Å². The van der Waals surface area contributed by atoms with Crippen molar-refractivity contribution in [3.05, 3.63) is 11.8 Å². The Morgan fingerprint density at radius 1 is 1.44 bits per heavy atom. The number of ether oxygens (including phenoxy) is 1. The molecular weight excluding hydrogens is 202 g/mol. The molecular formula is C12H22N3O. The Morgan fingerprint density at radius 2 is 2.12 bits per heavy atom. The molecule has 0 aromatic rings. The maximum Gasteiger partial charge on any atom is 0.0594 e. The number of rotatable bonds is 2. The normalized spacial score (nSPS) is 30.9. The van der Waals surface area contributed by atoms with Gasteiger partial charge in [-0.2, -0.15) is 5.84 Å². The lowest BCUT2D eigenvalue weighted by molar-refractivity contribution is 0.0148. The number of allylic oxidation sites excluding steroid dienone is 1. The molecule has 1 unspecified atom stereocenters. The van der Waals surface area contributed by atoms with Crippen LogP contribution in [0.3, 0.4) is 0 Å². The number of hydrogen-bond donors (Lipinski definition) is 1. The Labute approximate surface area is 97.8 Å². The number of nitrogens with one attached hydrogen (secondary N) is 2. The van der Waals surface area contributed by atoms with Crippen LogP contribution in [-0.2, 0) is 4.74 Å². The average molecular weight is 224 g/mol. The molecule has 0 aromatic carbocycles. The summed E-state index contributed by atoms with van der Waals surface area (Å²) in [7, 11) is 0. The summed E-state index contributed by atoms with van der Waals surface area (Å²) in [5.41, 5.74) is 3.94. The van der Waals surface area contributed by atoms with E-state index in [0.717, 1.165) is 38.4 Å². The van der Waals surface area contributed by atoms with E-state index in [0.29, 0.717) is 11.5 Å². The standard InChI is InChI=1S/C12H22N3O/c1-12(2)8-10(14-13)7-11(9-12)15-3-5-16-6-4-15/h7,11,13-14H,3-6,8-9H2,1-2H3. The van der Waals surface area contributed by atoms with Gasteiger partial charge in [0.05, 0.1) is 13.2 Å². The highest BCUT2D eigenvalue weighted by Gasteiger charge is 2.32. The van der Waals surface area contributed by atoms with Crippen LogP contribution in [0.25, 0.3) is 0 Å². The third-order valence-electron chi connectivity index (χ3n) is 3.50. The molecule has 1 fully saturated rings. The molecule has 0 amide bonds. The Morgan fingerprint density at radius 3 is 2.75 bits per heavy atom. The van der Waals surface area contributed by atoms with E-state index in [4.69, 9.17) is 10.6 Å². The van der Waals surface area contributed by atoms with Crippen LogP contribution in [0.1, 0.15) is 26.7 Å². The van der Waals surface area contributed by atoms with Crippen LogP contribution >= 0.6 is 0 Å². The summed E-state index contributed by atoms with van der Waals surface area (Å²) in [6, 6.07) is 0.473. The Balaban J connectivity index is 2.07. The van der Waals surface area contributed by atoms with Crippen LogP contribution in [0.15, 0.2) is 11.8 Å². The second-order valence-electron chi connectivity index (χ2n) is 5.58. The Hall–Kier alpha value is -0.580. The minimum Gasteiger partial charge on any atom is -0.379 e. The molecule has 4 heteroatoms. The summed E-state index contributed by atoms with van der Waals surface area (Å²) in [6.07, 6.45) is 4.39. The first-order valence-electron chi connectivity index (χ1n) is 6.06. The van der Waals surface area contributed by atoms with Crippen molar-refractivity contribution in [1.29, 1.82) is 0 Å². The predicted octanol–water partition coefficient (Wildman–Crippen LogP) is 1.18. The minimum absolute atomic E-state index is 0.293. The molecule has 91 valence electrons. The molecule has 0 aromatic heterocycles. The summed E-state index contributed by atoms with van der Waals surface area (Å²) in [5.74, 6) is 7.32. The van der Waals surface area contributed by atoms with Crippen LogP contribution < -0.4 is 11.3 Å². The van der Waals surface area contributed by atoms with Crippen LogP contribution in [-0.4, -0.2) is 37.2 Å². The van der Waals surface area contributed by atoms with E-state index in [1.54, 1.807) is 0 Å². The second kappa shape index (κ2) is 4.73. The van der Waals surface area contributed by atoms with E-state index in [1.807, 2.05) is 0 Å². The van der Waals surface area contributed by atoms with Crippen molar-refractivity contribution < 1.29 is 4.74 Å². The molecule has 4 nitrogen and oxygen atoms in total. The maximum atomic E-state index is 7.32. The highest BCUT2D eigenvalue weighted by Crippen LogP contribution is 2.36. The topological polar surface area (TPSA) is 48.3 Å². The highest BCUT2D eigenvalue weighted by atomic mass is 16.5. The molecule has 1 saturated heterocycles. The van der Waals surface area contributed by atoms with E-state index in [-0.39, 0.29) is 0 Å². The lowest BCUT2D eigenvalue weighted by atomic mass is 9.77. The summed E-state index contributed by atoms with van der Waals surface area (Å²) < 4.78 is 5.38. The van der Waals surface area contributed by atoms with Gasteiger partial charge in [0.15, 0.2) is 0 Å². The molecule has 0 spiro atoms. The van der Waals surface area contributed by atoms with Crippen molar-refractivity contribution in [2.45, 2.75) is 32.7 Å². The molecule has 1 aliphatic heterocycles. The SMILES string of the molecule is CC1(C)CC(N[NH])=CC(N2CCOCC2)C1. The van der Waals surface area contributed by atoms with Crippen molar-refractivity contribution >= 4 is 0 Å². The zero-order valence-corrected chi connectivity index (χ0v) is 10.3. The van der Waals surface area contributed by atoms with Crippen molar-refractivity contribution in [1.82, 2.24) is 16.2 Å². The van der Waals surface area contributed by atoms with Crippen LogP contribution in [0.2, 0.25) is 0 Å². The minimum atomic E-state index is 0.293. The highest BCUT2D eigenvalue weighted by molar-refractivity contribution is 5.13. The van der Waals surface area contributed by atoms with E-state index in [9.17, 15) is 0 Å². The quantitative estimate of drug-likeness (QED) is 0.716. The fourth-order valence-corrected chi connectivity index (χ4v) is 2.73. The fourth-order valence-electron chi connectivity index (χ4n) is 2.73. The van der Waals surface area contributed by atoms with Gasteiger partial charge < -0.3 is 10.2 Å². The predicted molar refractivity (Wildman–Crippen MR) is 63.5 cm³/mol. The van der Waals surface area contributed by atoms with Gasteiger partial charge in [-0.3, -0.25) is 4.90 Å². The van der Waals surface area contributed by atoms with Gasteiger partial charge in [0.1, 0.15) is 0 Å². The average Bonchev–Trinajstić information content (AvgIpc) is 2.28. The van der Waals surface area contributed by atoms with E-state index < -0.39 is 0 Å². The molecule has 0 bridgehead atoms. The molecule has 2 aliphatic rings. The molecule has 1 aliphatic carbocycles. The summed E-state index contributed by atoms with van der Waals surface area (Å²) in [4.78, 5) is 2.47. The molecule has 1 radical (unpaired) electrons. The monoisotopic (exact) mass is 224 g/mol. The third-order valence-corrected chi connectivity index (χ3v) is 3.50. The maximum absolute atomic E-state index is 7.32. The lowest BCUT2D eigenvalue weighted by Crippen LogP contribution is -2.46. The first-order valence-corrected chi connectivity index (χ1v) is 6.06. The van der Waals surface area contributed by atoms with E-state index in [1.165, 1.54) is 6.42 Å². The van der Waals surface area contributed by atoms with Gasteiger partial charge in [-0.25, -0.2) is 0 Å². The van der Waals surface area contributed by atoms with Gasteiger partial charge in [0, 0.05) is 24.8 Å². The zero-order valence-electron chi connectivity index (χ0n) is 10.3. The van der Waals surface area contributed by atoms with Crippen molar-refractivity contribution in [2.24, 2.45) is 5.41 Å². The zero-order chi connectivity index (χ0) is 11.6. The summed E-state index contributed by atoms with van der Waals surface area (Å²) in [5, 5.41) is 0. The molecule has 16 heavy (non-hydrogen) atoms. The summed E-state index contributed by atoms with van der Waals surface area (Å²) in [6.45, 7) is 8.28. The molecule has 2 N–H and O–H groups in total. The molecule has 2 rings (SSSR count). The lowest BCUT2D eigenvalue weighted by Gasteiger charge is -2.41. The van der Waals surface area contributed by atoms with Crippen molar-refractivity contribution in [2.75, 3.05) is 26.3 Å². The van der Waals surface area contributed by atoms with E-state index in [2.05, 4.69) is 30.2 Å². The number of hydrogen-bond acceptors (Lipinski definition) is 3. The third kappa shape index (κ3) is 2.75. The first kappa shape index (κ1) is 11.9. The fraction of sp³-hybridized carbons (Fsp3) is 0.833. The van der Waals surface area contributed by atoms with Gasteiger partial charge in [-0.05, 0) is 24.3 Å². The van der Waals surface area contributed by atoms with Gasteiger partial charge in [-0.1, -0.05) is 13.8 Å². The van der Waals surface area contributed by atoms with Crippen LogP contribution in [0, 0.1) is 5.41 Å². The molecule has 0 saturated carbocycles. The van der Waals surface area contributed by atoms with E-state index >= 15 is 0 Å². The van der Waals surface area contributed by atoms with Crippen molar-refractivity contribution in [3.63, 3.8) is 0 Å². The summed E-state index contributed by atoms with van der Waals surface area (Å²) >= 11 is 0. The number of nitrogens with zero attached hydrogens (tertiary/aromatic N) is 1. The second-order valence-corrected chi connectivity index (χ2v) is 5.58. The Kier molecular flexibility index (Phi) is 3.52. The molecule has 1 atom stereocenters. The van der Waals surface area contributed by atoms with Gasteiger partial charge in [0.2, 0.25) is 0 Å². The van der Waals surface area contributed by atoms with Gasteiger partial charge in [-0.15, -0.1) is 0 Å². The van der Waals surface area contributed by atoms with Gasteiger partial charge in [0.25, 0.3) is 0 Å². The Bertz CT molecular complexity index is 269.